The van der Waals surface area contributed by atoms with Crippen molar-refractivity contribution in [1.82, 2.24) is 19.1 Å². The van der Waals surface area contributed by atoms with Crippen molar-refractivity contribution in [1.29, 1.82) is 0 Å². The number of imidazole rings is 1. The number of aromatic amines is 1. The number of benzene rings is 2. The molecule has 0 aliphatic heterocycles. The van der Waals surface area contributed by atoms with Crippen LogP contribution in [0.1, 0.15) is 54.9 Å². The summed E-state index contributed by atoms with van der Waals surface area (Å²) in [6.45, 7) is 4.91. The van der Waals surface area contributed by atoms with Crippen LogP contribution in [0.2, 0.25) is 0 Å². The number of aromatic nitrogens is 4. The molecular formula is C26H28N4O4. The molecule has 2 aromatic carbocycles. The van der Waals surface area contributed by atoms with Gasteiger partial charge < -0.3 is 9.30 Å². The van der Waals surface area contributed by atoms with E-state index in [2.05, 4.69) is 16.9 Å². The quantitative estimate of drug-likeness (QED) is 0.362. The Morgan fingerprint density at radius 1 is 1.00 bits per heavy atom. The molecule has 4 rings (SSSR count). The highest BCUT2D eigenvalue weighted by Crippen LogP contribution is 2.18. The van der Waals surface area contributed by atoms with Gasteiger partial charge in [-0.3, -0.25) is 19.1 Å². The SMILES string of the molecule is CCCCn1c(COc2ccc(C(=O)CC)cc2)nc2c1c(=O)[nH]c(=O)n2Cc1ccccc1. The summed E-state index contributed by atoms with van der Waals surface area (Å²) in [4.78, 5) is 44.5. The molecule has 2 heterocycles. The van der Waals surface area contributed by atoms with Crippen LogP contribution in [0.25, 0.3) is 11.2 Å². The van der Waals surface area contributed by atoms with Gasteiger partial charge in [-0.2, -0.15) is 0 Å². The molecule has 0 atom stereocenters. The fourth-order valence-electron chi connectivity index (χ4n) is 3.89. The van der Waals surface area contributed by atoms with Gasteiger partial charge in [0.25, 0.3) is 5.56 Å². The van der Waals surface area contributed by atoms with Crippen molar-refractivity contribution in [2.24, 2.45) is 0 Å². The summed E-state index contributed by atoms with van der Waals surface area (Å²) < 4.78 is 9.27. The van der Waals surface area contributed by atoms with Crippen LogP contribution in [0.15, 0.2) is 64.2 Å². The highest BCUT2D eigenvalue weighted by molar-refractivity contribution is 5.95. The molecule has 8 heteroatoms. The van der Waals surface area contributed by atoms with Gasteiger partial charge in [0.1, 0.15) is 18.2 Å². The number of unbranched alkanes of at least 4 members (excludes halogenated alkanes) is 1. The van der Waals surface area contributed by atoms with Crippen molar-refractivity contribution in [3.63, 3.8) is 0 Å². The van der Waals surface area contributed by atoms with E-state index in [9.17, 15) is 14.4 Å². The molecule has 2 aromatic heterocycles. The van der Waals surface area contributed by atoms with Crippen LogP contribution in [-0.2, 0) is 19.7 Å². The van der Waals surface area contributed by atoms with Crippen molar-refractivity contribution < 1.29 is 9.53 Å². The third-order valence-corrected chi connectivity index (χ3v) is 5.75. The number of ether oxygens (including phenoxy) is 1. The normalized spacial score (nSPS) is 11.1. The number of fused-ring (bicyclic) bond motifs is 1. The molecule has 8 nitrogen and oxygen atoms in total. The fraction of sp³-hybridized carbons (Fsp3) is 0.308. The van der Waals surface area contributed by atoms with E-state index in [0.29, 0.717) is 47.8 Å². The monoisotopic (exact) mass is 460 g/mol. The smallest absolute Gasteiger partial charge is 0.330 e. The molecule has 0 fully saturated rings. The molecule has 176 valence electrons. The molecule has 0 spiro atoms. The highest BCUT2D eigenvalue weighted by atomic mass is 16.5. The Labute approximate surface area is 196 Å². The van der Waals surface area contributed by atoms with Crippen molar-refractivity contribution in [3.8, 4) is 5.75 Å². The Bertz CT molecular complexity index is 1400. The summed E-state index contributed by atoms with van der Waals surface area (Å²) >= 11 is 0. The maximum absolute atomic E-state index is 12.8. The van der Waals surface area contributed by atoms with Gasteiger partial charge in [0.2, 0.25) is 0 Å². The number of carbonyl (C=O) groups excluding carboxylic acids is 1. The van der Waals surface area contributed by atoms with Gasteiger partial charge in [-0.05, 0) is 36.2 Å². The molecule has 0 aliphatic rings. The number of hydrogen-bond donors (Lipinski definition) is 1. The van der Waals surface area contributed by atoms with Crippen molar-refractivity contribution in [3.05, 3.63) is 92.4 Å². The highest BCUT2D eigenvalue weighted by Gasteiger charge is 2.19. The van der Waals surface area contributed by atoms with Crippen LogP contribution in [0.5, 0.6) is 5.75 Å². The van der Waals surface area contributed by atoms with E-state index in [1.54, 1.807) is 24.3 Å². The standard InChI is InChI=1S/C26H28N4O4/c1-3-5-15-29-22(17-34-20-13-11-19(12-14-20)21(31)4-2)27-24-23(29)25(32)28-26(33)30(24)16-18-9-7-6-8-10-18/h6-14H,3-5,15-17H2,1-2H3,(H,28,32,33). The van der Waals surface area contributed by atoms with Crippen LogP contribution in [0.3, 0.4) is 0 Å². The molecule has 4 aromatic rings. The summed E-state index contributed by atoms with van der Waals surface area (Å²) in [6, 6.07) is 16.5. The number of nitrogens with one attached hydrogen (secondary N) is 1. The first-order chi connectivity index (χ1) is 16.5. The second-order valence-electron chi connectivity index (χ2n) is 8.13. The van der Waals surface area contributed by atoms with Crippen LogP contribution >= 0.6 is 0 Å². The summed E-state index contributed by atoms with van der Waals surface area (Å²) in [7, 11) is 0. The van der Waals surface area contributed by atoms with E-state index in [0.717, 1.165) is 18.4 Å². The maximum Gasteiger partial charge on any atom is 0.330 e. The number of ketones is 1. The van der Waals surface area contributed by atoms with Crippen LogP contribution in [-0.4, -0.2) is 24.9 Å². The number of carbonyl (C=O) groups is 1. The van der Waals surface area contributed by atoms with Crippen molar-refractivity contribution in [2.75, 3.05) is 0 Å². The molecule has 0 saturated carbocycles. The Morgan fingerprint density at radius 3 is 2.41 bits per heavy atom. The lowest BCUT2D eigenvalue weighted by molar-refractivity contribution is 0.0988. The van der Waals surface area contributed by atoms with E-state index in [1.807, 2.05) is 41.8 Å². The zero-order valence-corrected chi connectivity index (χ0v) is 19.4. The Balaban J connectivity index is 1.71. The average molecular weight is 461 g/mol. The van der Waals surface area contributed by atoms with E-state index < -0.39 is 11.2 Å². The van der Waals surface area contributed by atoms with Gasteiger partial charge in [-0.25, -0.2) is 9.78 Å². The number of Topliss-reactive ketones (excluding diaryl/α,β-unsaturated/α-hetero) is 1. The lowest BCUT2D eigenvalue weighted by Crippen LogP contribution is -2.31. The molecular weight excluding hydrogens is 432 g/mol. The van der Waals surface area contributed by atoms with Gasteiger partial charge >= 0.3 is 5.69 Å². The fourth-order valence-corrected chi connectivity index (χ4v) is 3.89. The molecule has 0 amide bonds. The van der Waals surface area contributed by atoms with Crippen LogP contribution in [0, 0.1) is 0 Å². The summed E-state index contributed by atoms with van der Waals surface area (Å²) in [5.74, 6) is 1.23. The average Bonchev–Trinajstić information content (AvgIpc) is 3.23. The molecule has 0 unspecified atom stereocenters. The lowest BCUT2D eigenvalue weighted by atomic mass is 10.1. The summed E-state index contributed by atoms with van der Waals surface area (Å²) in [5.41, 5.74) is 1.33. The second kappa shape index (κ2) is 10.3. The maximum atomic E-state index is 12.8. The van der Waals surface area contributed by atoms with E-state index in [1.165, 1.54) is 4.57 Å². The van der Waals surface area contributed by atoms with Gasteiger partial charge in [-0.15, -0.1) is 0 Å². The number of rotatable bonds is 10. The Hall–Kier alpha value is -3.94. The second-order valence-corrected chi connectivity index (χ2v) is 8.13. The third kappa shape index (κ3) is 4.85. The summed E-state index contributed by atoms with van der Waals surface area (Å²) in [5, 5.41) is 0. The zero-order valence-electron chi connectivity index (χ0n) is 19.4. The third-order valence-electron chi connectivity index (χ3n) is 5.75. The first-order valence-electron chi connectivity index (χ1n) is 11.5. The number of aryl methyl sites for hydroxylation is 1. The lowest BCUT2D eigenvalue weighted by Gasteiger charge is -2.10. The number of hydrogen-bond acceptors (Lipinski definition) is 5. The largest absolute Gasteiger partial charge is 0.486 e. The predicted molar refractivity (Wildman–Crippen MR) is 130 cm³/mol. The van der Waals surface area contributed by atoms with Gasteiger partial charge in [0, 0.05) is 18.5 Å². The predicted octanol–water partition coefficient (Wildman–Crippen LogP) is 3.91. The van der Waals surface area contributed by atoms with Crippen LogP contribution in [0.4, 0.5) is 0 Å². The summed E-state index contributed by atoms with van der Waals surface area (Å²) in [6.07, 6.45) is 2.23. The van der Waals surface area contributed by atoms with Crippen LogP contribution < -0.4 is 16.0 Å². The molecule has 0 aliphatic carbocycles. The number of H-pyrrole nitrogens is 1. The first-order valence-corrected chi connectivity index (χ1v) is 11.5. The Morgan fingerprint density at radius 2 is 1.74 bits per heavy atom. The number of nitrogens with zero attached hydrogens (tertiary/aromatic N) is 3. The van der Waals surface area contributed by atoms with E-state index in [-0.39, 0.29) is 12.4 Å². The molecule has 1 N–H and O–H groups in total. The van der Waals surface area contributed by atoms with E-state index in [4.69, 9.17) is 4.74 Å². The zero-order chi connectivity index (χ0) is 24.1. The van der Waals surface area contributed by atoms with Gasteiger partial charge in [0.05, 0.1) is 6.54 Å². The van der Waals surface area contributed by atoms with E-state index >= 15 is 0 Å². The molecule has 34 heavy (non-hydrogen) atoms. The topological polar surface area (TPSA) is 99.0 Å². The van der Waals surface area contributed by atoms with Gasteiger partial charge in [0.15, 0.2) is 16.9 Å². The minimum Gasteiger partial charge on any atom is -0.486 e. The van der Waals surface area contributed by atoms with Crippen molar-refractivity contribution >= 4 is 16.9 Å². The minimum absolute atomic E-state index is 0.0727. The first kappa shape index (κ1) is 23.2. The Kier molecular flexibility index (Phi) is 7.06. The minimum atomic E-state index is -0.495. The molecule has 0 radical (unpaired) electrons. The van der Waals surface area contributed by atoms with Gasteiger partial charge in [-0.1, -0.05) is 50.6 Å². The molecule has 0 saturated heterocycles. The van der Waals surface area contributed by atoms with Crippen molar-refractivity contribution in [2.45, 2.75) is 52.8 Å². The molecule has 0 bridgehead atoms.